The van der Waals surface area contributed by atoms with E-state index in [1.807, 2.05) is 24.3 Å². The fourth-order valence-electron chi connectivity index (χ4n) is 1.92. The Balaban J connectivity index is 1.84. The molecule has 1 saturated heterocycles. The third-order valence-electron chi connectivity index (χ3n) is 2.81. The minimum absolute atomic E-state index is 0.245. The van der Waals surface area contributed by atoms with Gasteiger partial charge in [0, 0.05) is 5.88 Å². The van der Waals surface area contributed by atoms with E-state index >= 15 is 0 Å². The Morgan fingerprint density at radius 2 is 2.31 bits per heavy atom. The summed E-state index contributed by atoms with van der Waals surface area (Å²) in [6.07, 6.45) is 2.85. The summed E-state index contributed by atoms with van der Waals surface area (Å²) in [4.78, 5) is 0. The van der Waals surface area contributed by atoms with Crippen LogP contribution in [-0.2, 0) is 10.6 Å². The molecule has 1 aliphatic rings. The topological polar surface area (TPSA) is 18.5 Å². The van der Waals surface area contributed by atoms with Crippen LogP contribution in [0.2, 0.25) is 0 Å². The first kappa shape index (κ1) is 11.7. The zero-order valence-corrected chi connectivity index (χ0v) is 10.2. The third-order valence-corrected chi connectivity index (χ3v) is 3.12. The molecular formula is C13H17ClO2. The summed E-state index contributed by atoms with van der Waals surface area (Å²) in [6.45, 7) is 2.74. The lowest BCUT2D eigenvalue weighted by Gasteiger charge is -2.13. The van der Waals surface area contributed by atoms with Crippen LogP contribution in [0.3, 0.4) is 0 Å². The molecule has 0 amide bonds. The van der Waals surface area contributed by atoms with Crippen LogP contribution in [0, 0.1) is 0 Å². The number of alkyl halides is 1. The zero-order chi connectivity index (χ0) is 11.4. The van der Waals surface area contributed by atoms with Gasteiger partial charge in [-0.15, -0.1) is 11.6 Å². The summed E-state index contributed by atoms with van der Waals surface area (Å²) in [6, 6.07) is 7.89. The first-order valence-electron chi connectivity index (χ1n) is 5.71. The van der Waals surface area contributed by atoms with E-state index < -0.39 is 0 Å². The van der Waals surface area contributed by atoms with Crippen molar-refractivity contribution in [3.05, 3.63) is 29.8 Å². The first-order valence-corrected chi connectivity index (χ1v) is 6.24. The second-order valence-electron chi connectivity index (χ2n) is 4.24. The molecule has 1 aliphatic heterocycles. The Kier molecular flexibility index (Phi) is 4.08. The van der Waals surface area contributed by atoms with Crippen molar-refractivity contribution in [1.29, 1.82) is 0 Å². The van der Waals surface area contributed by atoms with E-state index in [2.05, 4.69) is 6.92 Å². The molecule has 0 aromatic heterocycles. The van der Waals surface area contributed by atoms with Crippen LogP contribution in [0.5, 0.6) is 5.75 Å². The van der Waals surface area contributed by atoms with Gasteiger partial charge in [-0.3, -0.25) is 0 Å². The Labute approximate surface area is 102 Å². The molecule has 88 valence electrons. The average molecular weight is 241 g/mol. The van der Waals surface area contributed by atoms with Gasteiger partial charge >= 0.3 is 0 Å². The van der Waals surface area contributed by atoms with Crippen molar-refractivity contribution in [2.45, 2.75) is 37.9 Å². The quantitative estimate of drug-likeness (QED) is 0.752. The Hall–Kier alpha value is -0.730. The van der Waals surface area contributed by atoms with Gasteiger partial charge in [-0.05, 0) is 37.5 Å². The Bertz CT molecular complexity index is 340. The molecule has 3 heteroatoms. The van der Waals surface area contributed by atoms with Crippen molar-refractivity contribution in [2.75, 3.05) is 6.61 Å². The van der Waals surface area contributed by atoms with Gasteiger partial charge in [0.05, 0.1) is 12.2 Å². The van der Waals surface area contributed by atoms with Crippen LogP contribution >= 0.6 is 11.6 Å². The van der Waals surface area contributed by atoms with Crippen molar-refractivity contribution < 1.29 is 9.47 Å². The molecule has 1 heterocycles. The van der Waals surface area contributed by atoms with Gasteiger partial charge in [0.1, 0.15) is 12.4 Å². The highest BCUT2D eigenvalue weighted by molar-refractivity contribution is 6.17. The minimum Gasteiger partial charge on any atom is -0.491 e. The van der Waals surface area contributed by atoms with E-state index in [1.165, 1.54) is 0 Å². The Morgan fingerprint density at radius 3 is 3.00 bits per heavy atom. The smallest absolute Gasteiger partial charge is 0.119 e. The predicted molar refractivity (Wildman–Crippen MR) is 65.1 cm³/mol. The highest BCUT2D eigenvalue weighted by atomic mass is 35.5. The van der Waals surface area contributed by atoms with Crippen molar-refractivity contribution in [3.8, 4) is 5.75 Å². The van der Waals surface area contributed by atoms with Crippen molar-refractivity contribution >= 4 is 11.6 Å². The maximum absolute atomic E-state index is 5.77. The van der Waals surface area contributed by atoms with E-state index in [4.69, 9.17) is 21.1 Å². The third kappa shape index (κ3) is 3.13. The monoisotopic (exact) mass is 240 g/mol. The lowest BCUT2D eigenvalue weighted by molar-refractivity contribution is 0.0264. The molecule has 0 saturated carbocycles. The molecular weight excluding hydrogens is 224 g/mol. The molecule has 2 unspecified atom stereocenters. The van der Waals surface area contributed by atoms with E-state index in [9.17, 15) is 0 Å². The van der Waals surface area contributed by atoms with Gasteiger partial charge in [0.15, 0.2) is 0 Å². The normalized spacial score (nSPS) is 24.6. The van der Waals surface area contributed by atoms with Gasteiger partial charge in [-0.2, -0.15) is 0 Å². The van der Waals surface area contributed by atoms with Crippen molar-refractivity contribution in [2.24, 2.45) is 0 Å². The molecule has 1 aromatic rings. The highest BCUT2D eigenvalue weighted by Crippen LogP contribution is 2.21. The van der Waals surface area contributed by atoms with Crippen LogP contribution in [0.25, 0.3) is 0 Å². The number of benzene rings is 1. The molecule has 0 spiro atoms. The summed E-state index contributed by atoms with van der Waals surface area (Å²) in [5.74, 6) is 1.40. The molecule has 2 atom stereocenters. The highest BCUT2D eigenvalue weighted by Gasteiger charge is 2.22. The van der Waals surface area contributed by atoms with Crippen LogP contribution in [0.1, 0.15) is 25.3 Å². The first-order chi connectivity index (χ1) is 7.78. The molecule has 1 aromatic carbocycles. The molecule has 1 fully saturated rings. The standard InChI is InChI=1S/C13H17ClO2/c1-10-5-6-13(16-10)9-15-12-4-2-3-11(7-12)8-14/h2-4,7,10,13H,5-6,8-9H2,1H3. The summed E-state index contributed by atoms with van der Waals surface area (Å²) in [7, 11) is 0. The molecule has 2 nitrogen and oxygen atoms in total. The fraction of sp³-hybridized carbons (Fsp3) is 0.538. The summed E-state index contributed by atoms with van der Waals surface area (Å²) >= 11 is 5.77. The van der Waals surface area contributed by atoms with Crippen LogP contribution in [0.4, 0.5) is 0 Å². The lowest BCUT2D eigenvalue weighted by Crippen LogP contribution is -2.17. The summed E-state index contributed by atoms with van der Waals surface area (Å²) in [5.41, 5.74) is 1.08. The van der Waals surface area contributed by atoms with Gasteiger partial charge in [-0.25, -0.2) is 0 Å². The lowest BCUT2D eigenvalue weighted by atomic mass is 10.2. The van der Waals surface area contributed by atoms with Gasteiger partial charge in [0.2, 0.25) is 0 Å². The van der Waals surface area contributed by atoms with Crippen molar-refractivity contribution in [3.63, 3.8) is 0 Å². The van der Waals surface area contributed by atoms with E-state index in [0.29, 0.717) is 18.6 Å². The number of halogens is 1. The van der Waals surface area contributed by atoms with Crippen LogP contribution < -0.4 is 4.74 Å². The molecule has 0 radical (unpaired) electrons. The summed E-state index contributed by atoms with van der Waals surface area (Å²) < 4.78 is 11.4. The van der Waals surface area contributed by atoms with E-state index in [0.717, 1.165) is 24.2 Å². The summed E-state index contributed by atoms with van der Waals surface area (Å²) in [5, 5.41) is 0. The SMILES string of the molecule is CC1CCC(COc2cccc(CCl)c2)O1. The van der Waals surface area contributed by atoms with Gasteiger partial charge in [-0.1, -0.05) is 12.1 Å². The predicted octanol–water partition coefficient (Wildman–Crippen LogP) is 3.37. The molecule has 16 heavy (non-hydrogen) atoms. The second kappa shape index (κ2) is 5.55. The fourth-order valence-corrected chi connectivity index (χ4v) is 2.08. The maximum atomic E-state index is 5.77. The minimum atomic E-state index is 0.245. The van der Waals surface area contributed by atoms with E-state index in [-0.39, 0.29) is 6.10 Å². The van der Waals surface area contributed by atoms with Crippen LogP contribution in [-0.4, -0.2) is 18.8 Å². The van der Waals surface area contributed by atoms with E-state index in [1.54, 1.807) is 0 Å². The number of hydrogen-bond donors (Lipinski definition) is 0. The van der Waals surface area contributed by atoms with Crippen LogP contribution in [0.15, 0.2) is 24.3 Å². The number of ether oxygens (including phenoxy) is 2. The molecule has 2 rings (SSSR count). The Morgan fingerprint density at radius 1 is 1.44 bits per heavy atom. The number of hydrogen-bond acceptors (Lipinski definition) is 2. The second-order valence-corrected chi connectivity index (χ2v) is 4.51. The molecule has 0 N–H and O–H groups in total. The molecule has 0 bridgehead atoms. The number of rotatable bonds is 4. The average Bonchev–Trinajstić information content (AvgIpc) is 2.73. The molecule has 0 aliphatic carbocycles. The van der Waals surface area contributed by atoms with Crippen molar-refractivity contribution in [1.82, 2.24) is 0 Å². The largest absolute Gasteiger partial charge is 0.491 e. The van der Waals surface area contributed by atoms with Gasteiger partial charge in [0.25, 0.3) is 0 Å². The van der Waals surface area contributed by atoms with Gasteiger partial charge < -0.3 is 9.47 Å². The maximum Gasteiger partial charge on any atom is 0.119 e. The zero-order valence-electron chi connectivity index (χ0n) is 9.49.